The van der Waals surface area contributed by atoms with Gasteiger partial charge in [0.25, 0.3) is 0 Å². The van der Waals surface area contributed by atoms with E-state index in [9.17, 15) is 4.79 Å². The van der Waals surface area contributed by atoms with Crippen LogP contribution >= 0.6 is 0 Å². The van der Waals surface area contributed by atoms with Gasteiger partial charge in [-0.1, -0.05) is 48.5 Å². The largest absolute Gasteiger partial charge is 0.330 e. The number of carbonyl (C=O) groups is 1. The normalized spacial score (nSPS) is 9.31. The van der Waals surface area contributed by atoms with Gasteiger partial charge in [-0.2, -0.15) is 0 Å². The second kappa shape index (κ2) is 7.60. The molecule has 16 heavy (non-hydrogen) atoms. The van der Waals surface area contributed by atoms with Crippen LogP contribution in [0, 0.1) is 0 Å². The Kier molecular flexibility index (Phi) is 5.89. The lowest BCUT2D eigenvalue weighted by Gasteiger charge is -1.92. The van der Waals surface area contributed by atoms with E-state index in [1.54, 1.807) is 0 Å². The van der Waals surface area contributed by atoms with E-state index < -0.39 is 0 Å². The minimum Gasteiger partial charge on any atom is -0.330 e. The number of nitrogens with two attached hydrogens (primary N) is 1. The molecule has 0 radical (unpaired) electrons. The Morgan fingerprint density at radius 1 is 0.938 bits per heavy atom. The number of hydrogen-bond donors (Lipinski definition) is 1. The van der Waals surface area contributed by atoms with Crippen molar-refractivity contribution in [2.75, 3.05) is 6.54 Å². The van der Waals surface area contributed by atoms with Crippen molar-refractivity contribution in [1.29, 1.82) is 0 Å². The van der Waals surface area contributed by atoms with Crippen LogP contribution in [0.25, 0.3) is 10.8 Å². The van der Waals surface area contributed by atoms with Gasteiger partial charge in [0.2, 0.25) is 0 Å². The molecule has 0 atom stereocenters. The van der Waals surface area contributed by atoms with E-state index in [-0.39, 0.29) is 0 Å². The monoisotopic (exact) mass is 215 g/mol. The molecule has 0 unspecified atom stereocenters. The molecule has 0 fully saturated rings. The van der Waals surface area contributed by atoms with E-state index >= 15 is 0 Å². The van der Waals surface area contributed by atoms with E-state index in [2.05, 4.69) is 48.5 Å². The minimum absolute atomic E-state index is 0.608. The molecule has 2 heteroatoms. The fraction of sp³-hybridized carbons (Fsp3) is 0.214. The van der Waals surface area contributed by atoms with Crippen LogP contribution in [0.4, 0.5) is 0 Å². The Hall–Kier alpha value is -1.67. The summed E-state index contributed by atoms with van der Waals surface area (Å²) in [7, 11) is 0. The van der Waals surface area contributed by atoms with Gasteiger partial charge in [-0.15, -0.1) is 0 Å². The quantitative estimate of drug-likeness (QED) is 0.632. The summed E-state index contributed by atoms with van der Waals surface area (Å²) in [6.07, 6.45) is 2.31. The number of benzene rings is 2. The van der Waals surface area contributed by atoms with Crippen LogP contribution in [0.2, 0.25) is 0 Å². The summed E-state index contributed by atoms with van der Waals surface area (Å²) < 4.78 is 0. The molecule has 0 heterocycles. The summed E-state index contributed by atoms with van der Waals surface area (Å²) >= 11 is 0. The third-order valence-corrected chi connectivity index (χ3v) is 2.18. The number of rotatable bonds is 3. The molecule has 0 aromatic heterocycles. The predicted molar refractivity (Wildman–Crippen MR) is 68.3 cm³/mol. The lowest BCUT2D eigenvalue weighted by Crippen LogP contribution is -1.97. The first kappa shape index (κ1) is 12.4. The summed E-state index contributed by atoms with van der Waals surface area (Å²) in [6.45, 7) is 0.624. The first-order valence-corrected chi connectivity index (χ1v) is 5.46. The Labute approximate surface area is 96.1 Å². The lowest BCUT2D eigenvalue weighted by molar-refractivity contribution is -0.107. The molecule has 0 aliphatic carbocycles. The Morgan fingerprint density at radius 2 is 1.38 bits per heavy atom. The van der Waals surface area contributed by atoms with E-state index in [1.165, 1.54) is 10.8 Å². The Balaban J connectivity index is 0.000000187. The summed E-state index contributed by atoms with van der Waals surface area (Å²) in [6, 6.07) is 16.7. The zero-order chi connectivity index (χ0) is 11.6. The molecular formula is C14H17NO. The molecule has 2 aromatic carbocycles. The molecule has 0 spiro atoms. The van der Waals surface area contributed by atoms with Gasteiger partial charge >= 0.3 is 0 Å². The van der Waals surface area contributed by atoms with Gasteiger partial charge in [0, 0.05) is 6.42 Å². The molecule has 0 bridgehead atoms. The number of aldehydes is 1. The van der Waals surface area contributed by atoms with Crippen molar-refractivity contribution in [3.8, 4) is 0 Å². The minimum atomic E-state index is 0.608. The average Bonchev–Trinajstić information content (AvgIpc) is 2.37. The standard InChI is InChI=1S/C10H8.C4H9NO/c1-2-6-10-8-4-3-7-9(10)5-1;5-3-1-2-4-6/h1-8H;4H,1-3,5H2. The smallest absolute Gasteiger partial charge is 0.120 e. The van der Waals surface area contributed by atoms with Crippen molar-refractivity contribution < 1.29 is 4.79 Å². The molecule has 0 saturated heterocycles. The molecule has 0 amide bonds. The van der Waals surface area contributed by atoms with E-state index in [0.29, 0.717) is 13.0 Å². The zero-order valence-electron chi connectivity index (χ0n) is 9.30. The molecule has 0 saturated carbocycles. The number of fused-ring (bicyclic) bond motifs is 1. The maximum atomic E-state index is 9.51. The SMILES string of the molecule is NCCCC=O.c1ccc2ccccc2c1. The van der Waals surface area contributed by atoms with Crippen molar-refractivity contribution in [1.82, 2.24) is 0 Å². The molecule has 0 aliphatic rings. The summed E-state index contributed by atoms with van der Waals surface area (Å²) in [4.78, 5) is 9.51. The Bertz CT molecular complexity index is 360. The van der Waals surface area contributed by atoms with Crippen molar-refractivity contribution in [3.05, 3.63) is 48.5 Å². The van der Waals surface area contributed by atoms with Crippen molar-refractivity contribution in [2.45, 2.75) is 12.8 Å². The summed E-state index contributed by atoms with van der Waals surface area (Å²) in [5, 5.41) is 2.62. The van der Waals surface area contributed by atoms with E-state index in [1.807, 2.05) is 0 Å². The highest BCUT2D eigenvalue weighted by Gasteiger charge is 1.85. The van der Waals surface area contributed by atoms with Crippen LogP contribution in [-0.4, -0.2) is 12.8 Å². The van der Waals surface area contributed by atoms with Crippen LogP contribution < -0.4 is 5.73 Å². The fourth-order valence-electron chi connectivity index (χ4n) is 1.33. The second-order valence-corrected chi connectivity index (χ2v) is 3.44. The maximum Gasteiger partial charge on any atom is 0.120 e. The zero-order valence-corrected chi connectivity index (χ0v) is 9.30. The number of unbranched alkanes of at least 4 members (excludes halogenated alkanes) is 1. The topological polar surface area (TPSA) is 43.1 Å². The van der Waals surface area contributed by atoms with Gasteiger partial charge in [0.1, 0.15) is 6.29 Å². The molecule has 2 aromatic rings. The molecule has 0 aliphatic heterocycles. The van der Waals surface area contributed by atoms with Gasteiger partial charge in [-0.05, 0) is 23.7 Å². The van der Waals surface area contributed by atoms with Gasteiger partial charge < -0.3 is 10.5 Å². The molecule has 2 nitrogen and oxygen atoms in total. The molecule has 2 N–H and O–H groups in total. The summed E-state index contributed by atoms with van der Waals surface area (Å²) in [5.74, 6) is 0. The van der Waals surface area contributed by atoms with Crippen molar-refractivity contribution >= 4 is 17.1 Å². The number of hydrogen-bond acceptors (Lipinski definition) is 2. The van der Waals surface area contributed by atoms with Crippen LogP contribution in [0.1, 0.15) is 12.8 Å². The van der Waals surface area contributed by atoms with E-state index in [4.69, 9.17) is 5.73 Å². The van der Waals surface area contributed by atoms with Crippen molar-refractivity contribution in [2.24, 2.45) is 5.73 Å². The average molecular weight is 215 g/mol. The predicted octanol–water partition coefficient (Wildman–Crippen LogP) is 2.76. The number of carbonyl (C=O) groups excluding carboxylic acids is 1. The van der Waals surface area contributed by atoms with Crippen LogP contribution in [0.15, 0.2) is 48.5 Å². The van der Waals surface area contributed by atoms with Gasteiger partial charge in [-0.25, -0.2) is 0 Å². The van der Waals surface area contributed by atoms with Gasteiger partial charge in [0.15, 0.2) is 0 Å². The maximum absolute atomic E-state index is 9.51. The summed E-state index contributed by atoms with van der Waals surface area (Å²) in [5.41, 5.74) is 5.06. The van der Waals surface area contributed by atoms with Crippen LogP contribution in [-0.2, 0) is 4.79 Å². The third kappa shape index (κ3) is 4.24. The molecule has 2 rings (SSSR count). The fourth-order valence-corrected chi connectivity index (χ4v) is 1.33. The van der Waals surface area contributed by atoms with Crippen LogP contribution in [0.5, 0.6) is 0 Å². The Morgan fingerprint density at radius 3 is 1.62 bits per heavy atom. The second-order valence-electron chi connectivity index (χ2n) is 3.44. The van der Waals surface area contributed by atoms with Gasteiger partial charge in [0.05, 0.1) is 0 Å². The molecule has 84 valence electrons. The first-order valence-electron chi connectivity index (χ1n) is 5.46. The lowest BCUT2D eigenvalue weighted by atomic mass is 10.1. The van der Waals surface area contributed by atoms with Crippen LogP contribution in [0.3, 0.4) is 0 Å². The molecular weight excluding hydrogens is 198 g/mol. The highest BCUT2D eigenvalue weighted by molar-refractivity contribution is 5.81. The van der Waals surface area contributed by atoms with Crippen molar-refractivity contribution in [3.63, 3.8) is 0 Å². The van der Waals surface area contributed by atoms with E-state index in [0.717, 1.165) is 12.7 Å². The highest BCUT2D eigenvalue weighted by Crippen LogP contribution is 2.11. The third-order valence-electron chi connectivity index (χ3n) is 2.18. The first-order chi connectivity index (χ1) is 7.88. The van der Waals surface area contributed by atoms with Gasteiger partial charge in [-0.3, -0.25) is 0 Å². The highest BCUT2D eigenvalue weighted by atomic mass is 16.1.